The smallest absolute Gasteiger partial charge is 0.418 e. The molecular weight excluding hydrogens is 378 g/mol. The summed E-state index contributed by atoms with van der Waals surface area (Å²) in [4.78, 5) is 40.2. The SMILES string of the molecule is CC[C@@H](C)C(=O)OC[C@H]1O[C@@H](N2C=CC(NO)=NC2O)[C@@H]2OC(=O)C(=O)O[C@@H]21. The number of nitrogens with one attached hydrogen (secondary N) is 1. The van der Waals surface area contributed by atoms with Gasteiger partial charge in [-0.2, -0.15) is 0 Å². The summed E-state index contributed by atoms with van der Waals surface area (Å²) >= 11 is 0. The second-order valence-corrected chi connectivity index (χ2v) is 6.48. The molecule has 0 aromatic carbocycles. The molecule has 154 valence electrons. The lowest BCUT2D eigenvalue weighted by molar-refractivity contribution is -0.198. The highest BCUT2D eigenvalue weighted by Gasteiger charge is 2.56. The summed E-state index contributed by atoms with van der Waals surface area (Å²) in [6.45, 7) is 3.32. The van der Waals surface area contributed by atoms with Gasteiger partial charge in [0, 0.05) is 6.20 Å². The molecule has 3 aliphatic heterocycles. The number of aliphatic hydroxyl groups excluding tert-OH is 1. The lowest BCUT2D eigenvalue weighted by Crippen LogP contribution is -2.53. The molecule has 1 unspecified atom stereocenters. The number of esters is 3. The molecule has 0 spiro atoms. The Labute approximate surface area is 159 Å². The molecule has 2 saturated heterocycles. The molecule has 3 rings (SSSR count). The maximum Gasteiger partial charge on any atom is 0.418 e. The number of hydrogen-bond donors (Lipinski definition) is 3. The standard InChI is InChI=1S/C16H21N3O9/c1-3-7(2)13(20)25-6-8-10-11(28-15(22)14(21)27-10)12(26-8)19-5-4-9(18-24)17-16(19)23/h4-5,7-8,10-12,16,23-24H,3,6H2,1-2H3,(H,17,18)/t7-,8-,10-,11-,12-,16?/m1/s1. The summed E-state index contributed by atoms with van der Waals surface area (Å²) < 4.78 is 21.2. The molecule has 0 saturated carbocycles. The first-order valence-electron chi connectivity index (χ1n) is 8.71. The third kappa shape index (κ3) is 3.79. The number of rotatable bonds is 5. The summed E-state index contributed by atoms with van der Waals surface area (Å²) in [6, 6.07) is 0. The van der Waals surface area contributed by atoms with Gasteiger partial charge in [-0.05, 0) is 12.5 Å². The minimum absolute atomic E-state index is 0.00407. The summed E-state index contributed by atoms with van der Waals surface area (Å²) in [5.74, 6) is -3.12. The van der Waals surface area contributed by atoms with Gasteiger partial charge in [0.15, 0.2) is 24.3 Å². The third-order valence-electron chi connectivity index (χ3n) is 4.68. The molecule has 0 aliphatic carbocycles. The lowest BCUT2D eigenvalue weighted by atomic mass is 10.1. The number of aliphatic hydroxyl groups is 1. The van der Waals surface area contributed by atoms with Crippen molar-refractivity contribution in [3.8, 4) is 0 Å². The molecule has 0 radical (unpaired) electrons. The molecular formula is C16H21N3O9. The highest BCUT2D eigenvalue weighted by Crippen LogP contribution is 2.33. The first-order chi connectivity index (χ1) is 13.3. The number of amidine groups is 1. The first-order valence-corrected chi connectivity index (χ1v) is 8.71. The number of nitrogens with zero attached hydrogens (tertiary/aromatic N) is 2. The number of carbonyl (C=O) groups is 3. The Morgan fingerprint density at radius 1 is 1.36 bits per heavy atom. The molecule has 3 heterocycles. The minimum atomic E-state index is -1.47. The van der Waals surface area contributed by atoms with Crippen molar-refractivity contribution in [3.05, 3.63) is 12.3 Å². The van der Waals surface area contributed by atoms with Crippen LogP contribution in [0.2, 0.25) is 0 Å². The quantitative estimate of drug-likeness (QED) is 0.217. The van der Waals surface area contributed by atoms with Crippen LogP contribution in [-0.4, -0.2) is 76.5 Å². The van der Waals surface area contributed by atoms with Crippen molar-refractivity contribution < 1.29 is 43.6 Å². The van der Waals surface area contributed by atoms with E-state index in [4.69, 9.17) is 24.2 Å². The van der Waals surface area contributed by atoms with E-state index in [9.17, 15) is 19.5 Å². The molecule has 6 atom stereocenters. The normalized spacial score (nSPS) is 32.8. The second kappa shape index (κ2) is 8.12. The summed E-state index contributed by atoms with van der Waals surface area (Å²) in [6.07, 6.45) is -2.25. The largest absolute Gasteiger partial charge is 0.463 e. The molecule has 0 aromatic heterocycles. The summed E-state index contributed by atoms with van der Waals surface area (Å²) in [5, 5.41) is 19.0. The van der Waals surface area contributed by atoms with Crippen molar-refractivity contribution >= 4 is 23.7 Å². The fourth-order valence-electron chi connectivity index (χ4n) is 2.92. The van der Waals surface area contributed by atoms with Gasteiger partial charge >= 0.3 is 17.9 Å². The van der Waals surface area contributed by atoms with Crippen LogP contribution in [0.1, 0.15) is 20.3 Å². The predicted molar refractivity (Wildman–Crippen MR) is 88.2 cm³/mol. The summed E-state index contributed by atoms with van der Waals surface area (Å²) in [7, 11) is 0. The Morgan fingerprint density at radius 2 is 2.04 bits per heavy atom. The van der Waals surface area contributed by atoms with E-state index in [-0.39, 0.29) is 18.4 Å². The van der Waals surface area contributed by atoms with Crippen LogP contribution in [0.3, 0.4) is 0 Å². The van der Waals surface area contributed by atoms with Crippen LogP contribution < -0.4 is 5.48 Å². The molecule has 12 heteroatoms. The van der Waals surface area contributed by atoms with Gasteiger partial charge in [-0.25, -0.2) is 14.6 Å². The lowest BCUT2D eigenvalue weighted by Gasteiger charge is -2.35. The van der Waals surface area contributed by atoms with Crippen molar-refractivity contribution in [2.45, 2.75) is 51.2 Å². The number of hydroxylamine groups is 1. The van der Waals surface area contributed by atoms with Crippen LogP contribution >= 0.6 is 0 Å². The third-order valence-corrected chi connectivity index (χ3v) is 4.68. The second-order valence-electron chi connectivity index (χ2n) is 6.48. The Morgan fingerprint density at radius 3 is 2.64 bits per heavy atom. The maximum absolute atomic E-state index is 11.9. The zero-order chi connectivity index (χ0) is 20.4. The van der Waals surface area contributed by atoms with E-state index >= 15 is 0 Å². The van der Waals surface area contributed by atoms with Gasteiger partial charge in [-0.1, -0.05) is 13.8 Å². The Bertz CT molecular complexity index is 709. The fourth-order valence-corrected chi connectivity index (χ4v) is 2.92. The van der Waals surface area contributed by atoms with Gasteiger partial charge in [0.05, 0.1) is 5.92 Å². The average Bonchev–Trinajstić information content (AvgIpc) is 3.02. The molecule has 0 aromatic rings. The molecule has 3 aliphatic rings. The van der Waals surface area contributed by atoms with E-state index in [2.05, 4.69) is 4.99 Å². The molecule has 12 nitrogen and oxygen atoms in total. The maximum atomic E-state index is 11.9. The van der Waals surface area contributed by atoms with Crippen molar-refractivity contribution in [1.29, 1.82) is 0 Å². The molecule has 28 heavy (non-hydrogen) atoms. The first kappa shape index (κ1) is 20.0. The van der Waals surface area contributed by atoms with E-state index in [0.717, 1.165) is 0 Å². The van der Waals surface area contributed by atoms with E-state index in [1.807, 2.05) is 6.92 Å². The molecule has 2 fully saturated rings. The Kier molecular flexibility index (Phi) is 5.82. The zero-order valence-corrected chi connectivity index (χ0v) is 15.2. The predicted octanol–water partition coefficient (Wildman–Crippen LogP) is -1.38. The number of carbonyl (C=O) groups excluding carboxylic acids is 3. The Balaban J connectivity index is 1.75. The molecule has 3 N–H and O–H groups in total. The van der Waals surface area contributed by atoms with Crippen molar-refractivity contribution in [2.75, 3.05) is 6.61 Å². The van der Waals surface area contributed by atoms with Crippen LogP contribution in [0, 0.1) is 5.92 Å². The van der Waals surface area contributed by atoms with Gasteiger partial charge in [0.2, 0.25) is 6.35 Å². The van der Waals surface area contributed by atoms with E-state index in [1.165, 1.54) is 17.2 Å². The number of aliphatic imine (C=N–C) groups is 1. The van der Waals surface area contributed by atoms with Gasteiger partial charge in [-0.3, -0.25) is 15.5 Å². The number of fused-ring (bicyclic) bond motifs is 1. The van der Waals surface area contributed by atoms with Gasteiger partial charge in [0.1, 0.15) is 12.7 Å². The topological polar surface area (TPSA) is 156 Å². The highest BCUT2D eigenvalue weighted by molar-refractivity contribution is 6.30. The zero-order valence-electron chi connectivity index (χ0n) is 15.2. The van der Waals surface area contributed by atoms with Gasteiger partial charge in [-0.15, -0.1) is 0 Å². The van der Waals surface area contributed by atoms with Crippen molar-refractivity contribution in [3.63, 3.8) is 0 Å². The van der Waals surface area contributed by atoms with E-state index < -0.39 is 48.8 Å². The fraction of sp³-hybridized carbons (Fsp3) is 0.625. The average molecular weight is 399 g/mol. The van der Waals surface area contributed by atoms with Gasteiger partial charge in [0.25, 0.3) is 0 Å². The van der Waals surface area contributed by atoms with Crippen LogP contribution in [0.4, 0.5) is 0 Å². The van der Waals surface area contributed by atoms with Crippen LogP contribution in [0.15, 0.2) is 17.3 Å². The van der Waals surface area contributed by atoms with E-state index in [1.54, 1.807) is 12.4 Å². The van der Waals surface area contributed by atoms with Crippen LogP contribution in [-0.2, 0) is 33.3 Å². The summed E-state index contributed by atoms with van der Waals surface area (Å²) in [5.41, 5.74) is 1.80. The van der Waals surface area contributed by atoms with Crippen molar-refractivity contribution in [1.82, 2.24) is 10.4 Å². The molecule has 0 amide bonds. The van der Waals surface area contributed by atoms with Crippen molar-refractivity contribution in [2.24, 2.45) is 10.9 Å². The highest BCUT2D eigenvalue weighted by atomic mass is 16.7. The molecule has 0 bridgehead atoms. The number of hydrogen-bond acceptors (Lipinski definition) is 12. The number of ether oxygens (including phenoxy) is 4. The Hall–Kier alpha value is -2.70. The van der Waals surface area contributed by atoms with Crippen LogP contribution in [0.5, 0.6) is 0 Å². The van der Waals surface area contributed by atoms with Crippen LogP contribution in [0.25, 0.3) is 0 Å². The van der Waals surface area contributed by atoms with E-state index in [0.29, 0.717) is 6.42 Å². The minimum Gasteiger partial charge on any atom is -0.463 e. The monoisotopic (exact) mass is 399 g/mol. The van der Waals surface area contributed by atoms with Gasteiger partial charge < -0.3 is 29.0 Å².